The Balaban J connectivity index is 1.67. The van der Waals surface area contributed by atoms with Crippen LogP contribution >= 0.6 is 0 Å². The molecule has 0 fully saturated rings. The number of rotatable bonds is 6. The van der Waals surface area contributed by atoms with Gasteiger partial charge in [-0.1, -0.05) is 36.4 Å². The van der Waals surface area contributed by atoms with Crippen LogP contribution in [-0.2, 0) is 9.59 Å². The number of anilines is 2. The molecule has 0 bridgehead atoms. The van der Waals surface area contributed by atoms with Crippen molar-refractivity contribution in [3.8, 4) is 11.5 Å². The van der Waals surface area contributed by atoms with Gasteiger partial charge in [0.2, 0.25) is 11.8 Å². The number of ether oxygens (including phenoxy) is 1. The van der Waals surface area contributed by atoms with Gasteiger partial charge >= 0.3 is 0 Å². The third-order valence-corrected chi connectivity index (χ3v) is 4.17. The minimum atomic E-state index is -0.262. The van der Waals surface area contributed by atoms with Gasteiger partial charge in [0.15, 0.2) is 0 Å². The highest BCUT2D eigenvalue weighted by atomic mass is 16.5. The van der Waals surface area contributed by atoms with Gasteiger partial charge in [-0.3, -0.25) is 9.59 Å². The van der Waals surface area contributed by atoms with Crippen molar-refractivity contribution in [2.45, 2.75) is 13.8 Å². The highest BCUT2D eigenvalue weighted by Gasteiger charge is 2.07. The van der Waals surface area contributed by atoms with Crippen molar-refractivity contribution < 1.29 is 14.3 Å². The van der Waals surface area contributed by atoms with Gasteiger partial charge < -0.3 is 15.4 Å². The highest BCUT2D eigenvalue weighted by molar-refractivity contribution is 6.03. The van der Waals surface area contributed by atoms with Crippen molar-refractivity contribution >= 4 is 29.3 Å². The molecule has 0 heterocycles. The van der Waals surface area contributed by atoms with Crippen molar-refractivity contribution in [3.63, 3.8) is 0 Å². The molecule has 0 aliphatic rings. The van der Waals surface area contributed by atoms with Crippen LogP contribution in [0.1, 0.15) is 18.1 Å². The topological polar surface area (TPSA) is 67.4 Å². The average molecular weight is 386 g/mol. The van der Waals surface area contributed by atoms with Crippen LogP contribution in [0.2, 0.25) is 0 Å². The average Bonchev–Trinajstić information content (AvgIpc) is 2.70. The molecule has 0 aliphatic heterocycles. The molecular weight excluding hydrogens is 364 g/mol. The lowest BCUT2D eigenvalue weighted by molar-refractivity contribution is -0.114. The standard InChI is InChI=1S/C24H22N2O3/c1-17-22(25-18(2)27)12-7-13-23(17)26-24(28)15-14-19-8-6-11-21(16-19)29-20-9-4-3-5-10-20/h3-16H,1-2H3,(H,25,27)(H,26,28)/b15-14+. The quantitative estimate of drug-likeness (QED) is 0.558. The number of amides is 2. The molecule has 2 N–H and O–H groups in total. The van der Waals surface area contributed by atoms with Crippen molar-refractivity contribution in [1.82, 2.24) is 0 Å². The SMILES string of the molecule is CC(=O)Nc1cccc(NC(=O)/C=C/c2cccc(Oc3ccccc3)c2)c1C. The first-order valence-electron chi connectivity index (χ1n) is 9.20. The second-order valence-corrected chi connectivity index (χ2v) is 6.47. The molecule has 3 rings (SSSR count). The second kappa shape index (κ2) is 9.37. The first-order chi connectivity index (χ1) is 14.0. The number of carbonyl (C=O) groups is 2. The van der Waals surface area contributed by atoms with Crippen LogP contribution < -0.4 is 15.4 Å². The van der Waals surface area contributed by atoms with Gasteiger partial charge in [0.05, 0.1) is 0 Å². The van der Waals surface area contributed by atoms with E-state index in [-0.39, 0.29) is 11.8 Å². The van der Waals surface area contributed by atoms with E-state index in [9.17, 15) is 9.59 Å². The Kier molecular flexibility index (Phi) is 6.43. The lowest BCUT2D eigenvalue weighted by Gasteiger charge is -2.11. The van der Waals surface area contributed by atoms with Crippen LogP contribution in [0, 0.1) is 6.92 Å². The van der Waals surface area contributed by atoms with Crippen molar-refractivity contribution in [3.05, 3.63) is 90.0 Å². The maximum Gasteiger partial charge on any atom is 0.248 e. The largest absolute Gasteiger partial charge is 0.457 e. The predicted molar refractivity (Wildman–Crippen MR) is 116 cm³/mol. The fourth-order valence-corrected chi connectivity index (χ4v) is 2.75. The predicted octanol–water partition coefficient (Wildman–Crippen LogP) is 5.40. The molecule has 2 amide bonds. The van der Waals surface area contributed by atoms with Gasteiger partial charge in [-0.25, -0.2) is 0 Å². The first-order valence-corrected chi connectivity index (χ1v) is 9.20. The van der Waals surface area contributed by atoms with Crippen LogP contribution in [0.5, 0.6) is 11.5 Å². The van der Waals surface area contributed by atoms with Crippen molar-refractivity contribution in [2.75, 3.05) is 10.6 Å². The number of carbonyl (C=O) groups excluding carboxylic acids is 2. The van der Waals surface area contributed by atoms with Crippen LogP contribution in [0.3, 0.4) is 0 Å². The minimum absolute atomic E-state index is 0.158. The molecule has 0 saturated carbocycles. The number of hydrogen-bond donors (Lipinski definition) is 2. The van der Waals surface area contributed by atoms with E-state index >= 15 is 0 Å². The Hall–Kier alpha value is -3.86. The lowest BCUT2D eigenvalue weighted by atomic mass is 10.1. The van der Waals surface area contributed by atoms with Crippen LogP contribution in [0.4, 0.5) is 11.4 Å². The molecule has 0 aromatic heterocycles. The van der Waals surface area contributed by atoms with Gasteiger partial charge in [-0.05, 0) is 60.5 Å². The highest BCUT2D eigenvalue weighted by Crippen LogP contribution is 2.24. The Morgan fingerprint density at radius 1 is 0.828 bits per heavy atom. The summed E-state index contributed by atoms with van der Waals surface area (Å²) in [6.45, 7) is 3.29. The Morgan fingerprint density at radius 3 is 2.21 bits per heavy atom. The monoisotopic (exact) mass is 386 g/mol. The molecule has 0 spiro atoms. The van der Waals surface area contributed by atoms with E-state index in [0.717, 1.165) is 16.9 Å². The van der Waals surface area contributed by atoms with E-state index in [2.05, 4.69) is 10.6 Å². The summed E-state index contributed by atoms with van der Waals surface area (Å²) in [7, 11) is 0. The normalized spacial score (nSPS) is 10.6. The maximum absolute atomic E-state index is 12.3. The summed E-state index contributed by atoms with van der Waals surface area (Å²) in [4.78, 5) is 23.6. The molecule has 0 unspecified atom stereocenters. The summed E-state index contributed by atoms with van der Waals surface area (Å²) in [5.74, 6) is 1.02. The van der Waals surface area contributed by atoms with Crippen molar-refractivity contribution in [1.29, 1.82) is 0 Å². The molecule has 0 atom stereocenters. The number of hydrogen-bond acceptors (Lipinski definition) is 3. The summed E-state index contributed by atoms with van der Waals surface area (Å²) in [5.41, 5.74) is 2.96. The molecule has 3 aromatic carbocycles. The van der Waals surface area contributed by atoms with Gasteiger partial charge in [-0.15, -0.1) is 0 Å². The zero-order valence-corrected chi connectivity index (χ0v) is 16.3. The molecule has 5 heteroatoms. The summed E-state index contributed by atoms with van der Waals surface area (Å²) in [6.07, 6.45) is 3.19. The van der Waals surface area contributed by atoms with Crippen LogP contribution in [0.15, 0.2) is 78.9 Å². The van der Waals surface area contributed by atoms with E-state index in [0.29, 0.717) is 17.1 Å². The summed E-state index contributed by atoms with van der Waals surface area (Å²) >= 11 is 0. The van der Waals surface area contributed by atoms with Gasteiger partial charge in [0.25, 0.3) is 0 Å². The zero-order valence-electron chi connectivity index (χ0n) is 16.3. The van der Waals surface area contributed by atoms with E-state index in [1.165, 1.54) is 13.0 Å². The number of nitrogens with one attached hydrogen (secondary N) is 2. The number of benzene rings is 3. The van der Waals surface area contributed by atoms with E-state index < -0.39 is 0 Å². The van der Waals surface area contributed by atoms with E-state index in [1.807, 2.05) is 61.5 Å². The molecule has 0 saturated heterocycles. The Morgan fingerprint density at radius 2 is 1.48 bits per heavy atom. The lowest BCUT2D eigenvalue weighted by Crippen LogP contribution is -2.12. The first kappa shape index (κ1) is 19.9. The maximum atomic E-state index is 12.3. The number of para-hydroxylation sites is 1. The van der Waals surface area contributed by atoms with Gasteiger partial charge in [-0.2, -0.15) is 0 Å². The third kappa shape index (κ3) is 5.81. The molecule has 29 heavy (non-hydrogen) atoms. The second-order valence-electron chi connectivity index (χ2n) is 6.47. The summed E-state index contributed by atoms with van der Waals surface area (Å²) in [6, 6.07) is 22.4. The molecular formula is C24H22N2O3. The fraction of sp³-hybridized carbons (Fsp3) is 0.0833. The molecule has 5 nitrogen and oxygen atoms in total. The molecule has 0 aliphatic carbocycles. The molecule has 3 aromatic rings. The smallest absolute Gasteiger partial charge is 0.248 e. The summed E-state index contributed by atoms with van der Waals surface area (Å²) in [5, 5.41) is 5.59. The Labute approximate surface area is 170 Å². The Bertz CT molecular complexity index is 1040. The minimum Gasteiger partial charge on any atom is -0.457 e. The molecule has 0 radical (unpaired) electrons. The fourth-order valence-electron chi connectivity index (χ4n) is 2.75. The zero-order chi connectivity index (χ0) is 20.6. The summed E-state index contributed by atoms with van der Waals surface area (Å²) < 4.78 is 5.81. The van der Waals surface area contributed by atoms with E-state index in [4.69, 9.17) is 4.74 Å². The van der Waals surface area contributed by atoms with Crippen LogP contribution in [0.25, 0.3) is 6.08 Å². The van der Waals surface area contributed by atoms with Gasteiger partial charge in [0.1, 0.15) is 11.5 Å². The van der Waals surface area contributed by atoms with Crippen LogP contribution in [-0.4, -0.2) is 11.8 Å². The molecule has 146 valence electrons. The third-order valence-electron chi connectivity index (χ3n) is 4.17. The van der Waals surface area contributed by atoms with Crippen molar-refractivity contribution in [2.24, 2.45) is 0 Å². The van der Waals surface area contributed by atoms with Gasteiger partial charge in [0, 0.05) is 24.4 Å². The van der Waals surface area contributed by atoms with E-state index in [1.54, 1.807) is 24.3 Å².